The SMILES string of the molecule is O=C(c1ccccc1)c1ccccc1C(=O)N1CCN(Cc2ccncc2)CC1. The molecule has 146 valence electrons. The molecule has 0 aliphatic carbocycles. The van der Waals surface area contributed by atoms with E-state index in [-0.39, 0.29) is 11.7 Å². The minimum absolute atomic E-state index is 0.0755. The summed E-state index contributed by atoms with van der Waals surface area (Å²) in [5, 5.41) is 0. The van der Waals surface area contributed by atoms with Crippen LogP contribution in [0.2, 0.25) is 0 Å². The maximum atomic E-state index is 13.2. The first kappa shape index (κ1) is 19.0. The molecule has 0 radical (unpaired) electrons. The van der Waals surface area contributed by atoms with Crippen LogP contribution in [0, 0.1) is 0 Å². The maximum absolute atomic E-state index is 13.2. The lowest BCUT2D eigenvalue weighted by atomic mass is 9.97. The van der Waals surface area contributed by atoms with Crippen LogP contribution in [0.4, 0.5) is 0 Å². The molecule has 0 unspecified atom stereocenters. The third-order valence-electron chi connectivity index (χ3n) is 5.25. The predicted molar refractivity (Wildman–Crippen MR) is 112 cm³/mol. The van der Waals surface area contributed by atoms with Gasteiger partial charge < -0.3 is 4.90 Å². The molecule has 1 fully saturated rings. The Balaban J connectivity index is 1.45. The van der Waals surface area contributed by atoms with Crippen molar-refractivity contribution >= 4 is 11.7 Å². The summed E-state index contributed by atoms with van der Waals surface area (Å²) in [6.07, 6.45) is 3.60. The zero-order valence-electron chi connectivity index (χ0n) is 16.2. The number of piperazine rings is 1. The van der Waals surface area contributed by atoms with Crippen molar-refractivity contribution in [2.45, 2.75) is 6.54 Å². The van der Waals surface area contributed by atoms with Crippen molar-refractivity contribution in [1.82, 2.24) is 14.8 Å². The topological polar surface area (TPSA) is 53.5 Å². The molecule has 29 heavy (non-hydrogen) atoms. The van der Waals surface area contributed by atoms with Gasteiger partial charge in [0.2, 0.25) is 0 Å². The zero-order chi connectivity index (χ0) is 20.1. The van der Waals surface area contributed by atoms with Crippen molar-refractivity contribution in [3.63, 3.8) is 0 Å². The Morgan fingerprint density at radius 1 is 0.759 bits per heavy atom. The van der Waals surface area contributed by atoms with Gasteiger partial charge in [-0.15, -0.1) is 0 Å². The number of nitrogens with zero attached hydrogens (tertiary/aromatic N) is 3. The van der Waals surface area contributed by atoms with E-state index in [0.717, 1.165) is 19.6 Å². The highest BCUT2D eigenvalue weighted by atomic mass is 16.2. The number of rotatable bonds is 5. The zero-order valence-corrected chi connectivity index (χ0v) is 16.2. The minimum Gasteiger partial charge on any atom is -0.336 e. The number of aromatic nitrogens is 1. The number of amides is 1. The number of benzene rings is 2. The maximum Gasteiger partial charge on any atom is 0.254 e. The summed E-state index contributed by atoms with van der Waals surface area (Å²) in [6, 6.07) is 20.2. The summed E-state index contributed by atoms with van der Waals surface area (Å²) in [5.74, 6) is -0.195. The molecule has 4 rings (SSSR count). The fourth-order valence-electron chi connectivity index (χ4n) is 3.64. The second-order valence-corrected chi connectivity index (χ2v) is 7.16. The van der Waals surface area contributed by atoms with Crippen LogP contribution < -0.4 is 0 Å². The summed E-state index contributed by atoms with van der Waals surface area (Å²) in [4.78, 5) is 34.3. The molecule has 0 spiro atoms. The van der Waals surface area contributed by atoms with E-state index < -0.39 is 0 Å². The quantitative estimate of drug-likeness (QED) is 0.633. The molecule has 1 aliphatic rings. The van der Waals surface area contributed by atoms with E-state index in [2.05, 4.69) is 9.88 Å². The van der Waals surface area contributed by atoms with Gasteiger partial charge in [-0.3, -0.25) is 19.5 Å². The number of hydrogen-bond acceptors (Lipinski definition) is 4. The monoisotopic (exact) mass is 385 g/mol. The first-order chi connectivity index (χ1) is 14.2. The molecule has 2 aromatic carbocycles. The molecule has 1 aromatic heterocycles. The Hall–Kier alpha value is -3.31. The van der Waals surface area contributed by atoms with E-state index in [1.807, 2.05) is 41.3 Å². The summed E-state index contributed by atoms with van der Waals surface area (Å²) in [7, 11) is 0. The summed E-state index contributed by atoms with van der Waals surface area (Å²) < 4.78 is 0. The van der Waals surface area contributed by atoms with Crippen molar-refractivity contribution in [3.05, 3.63) is 101 Å². The van der Waals surface area contributed by atoms with Crippen LogP contribution >= 0.6 is 0 Å². The number of carbonyl (C=O) groups excluding carboxylic acids is 2. The van der Waals surface area contributed by atoms with Gasteiger partial charge in [0.25, 0.3) is 5.91 Å². The van der Waals surface area contributed by atoms with Crippen LogP contribution in [-0.4, -0.2) is 52.7 Å². The largest absolute Gasteiger partial charge is 0.336 e. The smallest absolute Gasteiger partial charge is 0.254 e. The first-order valence-corrected chi connectivity index (χ1v) is 9.81. The summed E-state index contributed by atoms with van der Waals surface area (Å²) >= 11 is 0. The molecule has 1 aliphatic heterocycles. The molecule has 0 bridgehead atoms. The molecule has 0 N–H and O–H groups in total. The highest BCUT2D eigenvalue weighted by molar-refractivity contribution is 6.15. The molecule has 0 saturated carbocycles. The second kappa shape index (κ2) is 8.80. The molecule has 5 nitrogen and oxygen atoms in total. The van der Waals surface area contributed by atoms with E-state index in [1.54, 1.807) is 42.7 Å². The van der Waals surface area contributed by atoms with Crippen LogP contribution in [0.25, 0.3) is 0 Å². The van der Waals surface area contributed by atoms with Gasteiger partial charge in [0, 0.05) is 56.2 Å². The fraction of sp³-hybridized carbons (Fsp3) is 0.208. The Morgan fingerprint density at radius 3 is 2.07 bits per heavy atom. The van der Waals surface area contributed by atoms with Crippen LogP contribution in [0.15, 0.2) is 79.1 Å². The lowest BCUT2D eigenvalue weighted by Crippen LogP contribution is -2.48. The number of carbonyl (C=O) groups is 2. The van der Waals surface area contributed by atoms with E-state index in [9.17, 15) is 9.59 Å². The van der Waals surface area contributed by atoms with Crippen LogP contribution in [0.1, 0.15) is 31.8 Å². The van der Waals surface area contributed by atoms with Crippen LogP contribution in [-0.2, 0) is 6.54 Å². The third kappa shape index (κ3) is 4.41. The van der Waals surface area contributed by atoms with E-state index in [4.69, 9.17) is 0 Å². The van der Waals surface area contributed by atoms with E-state index >= 15 is 0 Å². The van der Waals surface area contributed by atoms with Gasteiger partial charge in [-0.05, 0) is 23.8 Å². The van der Waals surface area contributed by atoms with Gasteiger partial charge in [-0.2, -0.15) is 0 Å². The van der Waals surface area contributed by atoms with Crippen molar-refractivity contribution in [1.29, 1.82) is 0 Å². The van der Waals surface area contributed by atoms with Crippen LogP contribution in [0.5, 0.6) is 0 Å². The molecule has 2 heterocycles. The fourth-order valence-corrected chi connectivity index (χ4v) is 3.64. The van der Waals surface area contributed by atoms with Crippen molar-refractivity contribution in [2.24, 2.45) is 0 Å². The van der Waals surface area contributed by atoms with Gasteiger partial charge in [-0.25, -0.2) is 0 Å². The summed E-state index contributed by atoms with van der Waals surface area (Å²) in [5.41, 5.74) is 2.75. The van der Waals surface area contributed by atoms with Crippen molar-refractivity contribution in [3.8, 4) is 0 Å². The summed E-state index contributed by atoms with van der Waals surface area (Å²) in [6.45, 7) is 3.77. The molecular formula is C24H23N3O2. The minimum atomic E-state index is -0.120. The highest BCUT2D eigenvalue weighted by Gasteiger charge is 2.25. The van der Waals surface area contributed by atoms with Crippen LogP contribution in [0.3, 0.4) is 0 Å². The highest BCUT2D eigenvalue weighted by Crippen LogP contribution is 2.18. The molecule has 3 aromatic rings. The van der Waals surface area contributed by atoms with Gasteiger partial charge in [0.15, 0.2) is 5.78 Å². The molecule has 5 heteroatoms. The van der Waals surface area contributed by atoms with Gasteiger partial charge >= 0.3 is 0 Å². The van der Waals surface area contributed by atoms with Gasteiger partial charge in [-0.1, -0.05) is 48.5 Å². The Kier molecular flexibility index (Phi) is 5.77. The molecular weight excluding hydrogens is 362 g/mol. The third-order valence-corrected chi connectivity index (χ3v) is 5.25. The number of ketones is 1. The number of pyridine rings is 1. The van der Waals surface area contributed by atoms with E-state index in [0.29, 0.717) is 29.8 Å². The standard InChI is InChI=1S/C24H23N3O2/c28-23(20-6-2-1-3-7-20)21-8-4-5-9-22(21)24(29)27-16-14-26(15-17-27)18-19-10-12-25-13-11-19/h1-13H,14-18H2. The van der Waals surface area contributed by atoms with Crippen molar-refractivity contribution in [2.75, 3.05) is 26.2 Å². The van der Waals surface area contributed by atoms with E-state index in [1.165, 1.54) is 5.56 Å². The molecule has 0 atom stereocenters. The first-order valence-electron chi connectivity index (χ1n) is 9.81. The lowest BCUT2D eigenvalue weighted by molar-refractivity contribution is 0.0625. The molecule has 1 saturated heterocycles. The predicted octanol–water partition coefficient (Wildman–Crippen LogP) is 3.27. The average molecular weight is 385 g/mol. The average Bonchev–Trinajstić information content (AvgIpc) is 2.80. The normalized spacial score (nSPS) is 14.6. The Morgan fingerprint density at radius 2 is 1.38 bits per heavy atom. The van der Waals surface area contributed by atoms with Gasteiger partial charge in [0.1, 0.15) is 0 Å². The van der Waals surface area contributed by atoms with Crippen molar-refractivity contribution < 1.29 is 9.59 Å². The number of hydrogen-bond donors (Lipinski definition) is 0. The Labute approximate surface area is 170 Å². The lowest BCUT2D eigenvalue weighted by Gasteiger charge is -2.35. The Bertz CT molecular complexity index is 981. The second-order valence-electron chi connectivity index (χ2n) is 7.16. The van der Waals surface area contributed by atoms with Gasteiger partial charge in [0.05, 0.1) is 5.56 Å². The molecule has 1 amide bonds.